The predicted octanol–water partition coefficient (Wildman–Crippen LogP) is -1.85. The van der Waals surface area contributed by atoms with E-state index in [0.717, 1.165) is 0 Å². The molecule has 0 saturated heterocycles. The van der Waals surface area contributed by atoms with E-state index in [1.807, 2.05) is 0 Å². The van der Waals surface area contributed by atoms with Crippen LogP contribution in [0.25, 0.3) is 0 Å². The summed E-state index contributed by atoms with van der Waals surface area (Å²) in [7, 11) is -7.94. The van der Waals surface area contributed by atoms with Crippen molar-refractivity contribution in [1.29, 1.82) is 0 Å². The molecule has 0 spiro atoms. The van der Waals surface area contributed by atoms with Gasteiger partial charge in [0.2, 0.25) is 0 Å². The van der Waals surface area contributed by atoms with Crippen LogP contribution in [0.15, 0.2) is 0 Å². The molecule has 19 heteroatoms. The molecule has 0 aliphatic heterocycles. The molecule has 0 heterocycles. The van der Waals surface area contributed by atoms with Crippen molar-refractivity contribution in [2.75, 3.05) is 0 Å². The first-order valence-corrected chi connectivity index (χ1v) is 9.57. The molecule has 0 aromatic heterocycles. The van der Waals surface area contributed by atoms with E-state index < -0.39 is 41.0 Å². The third kappa shape index (κ3) is 2230. The van der Waals surface area contributed by atoms with Gasteiger partial charge < -0.3 is 0 Å². The molecule has 0 unspecified atom stereocenters. The van der Waals surface area contributed by atoms with Gasteiger partial charge in [0, 0.05) is 0 Å². The van der Waals surface area contributed by atoms with Crippen LogP contribution in [0, 0.1) is 0 Å². The van der Waals surface area contributed by atoms with Gasteiger partial charge >= 0.3 is 47.9 Å². The first-order chi connectivity index (χ1) is 7.46. The molecule has 0 fully saturated rings. The Morgan fingerprint density at radius 3 is 0.684 bits per heavy atom. The Kier molecular flexibility index (Phi) is 30.4. The topological polar surface area (TPSA) is 224 Å². The second-order valence-electron chi connectivity index (χ2n) is 1.36. The van der Waals surface area contributed by atoms with Crippen molar-refractivity contribution in [3.05, 3.63) is 0 Å². The standard InChI is InChI=1S/Na.2H2O3S2.2H2O3S.H/c;2*1-5(2,3)4;2*1-4(2)3;/h;2*(H2,1,2,3,4);2*(H2,1,2,3);. The molecule has 0 radical (unpaired) electrons. The Bertz CT molecular complexity index is 349. The summed E-state index contributed by atoms with van der Waals surface area (Å²) in [6, 6.07) is 0. The molecule has 19 heavy (non-hydrogen) atoms. The number of thiol groups is 2. The van der Waals surface area contributed by atoms with Crippen LogP contribution in [-0.2, 0) is 41.0 Å². The summed E-state index contributed by atoms with van der Waals surface area (Å²) in [5, 5.41) is 0. The van der Waals surface area contributed by atoms with Gasteiger partial charge in [-0.25, -0.2) is 0 Å². The summed E-state index contributed by atoms with van der Waals surface area (Å²) in [5.41, 5.74) is 0. The second-order valence-corrected chi connectivity index (χ2v) is 6.84. The van der Waals surface area contributed by atoms with Crippen LogP contribution in [0.5, 0.6) is 0 Å². The van der Waals surface area contributed by atoms with Crippen molar-refractivity contribution in [1.82, 2.24) is 0 Å². The number of hydrogen-bond acceptors (Lipinski definition) is 6. The van der Waals surface area contributed by atoms with E-state index in [2.05, 4.69) is 23.3 Å². The fraction of sp³-hybridized carbons (Fsp3) is 0. The van der Waals surface area contributed by atoms with Gasteiger partial charge in [0.05, 0.1) is 0 Å². The van der Waals surface area contributed by atoms with Crippen molar-refractivity contribution in [3.8, 4) is 0 Å². The Hall–Kier alpha value is 1.66. The van der Waals surface area contributed by atoms with Gasteiger partial charge in [-0.3, -0.25) is 27.3 Å². The molecule has 0 aromatic rings. The van der Waals surface area contributed by atoms with Crippen LogP contribution in [0.4, 0.5) is 0 Å². The Morgan fingerprint density at radius 2 is 0.684 bits per heavy atom. The fourth-order valence-electron chi connectivity index (χ4n) is 0. The van der Waals surface area contributed by atoms with Crippen LogP contribution in [0.1, 0.15) is 0 Å². The zero-order valence-corrected chi connectivity index (χ0v) is 12.7. The van der Waals surface area contributed by atoms with Gasteiger partial charge in [-0.2, -0.15) is 25.3 Å². The molecule has 0 aromatic carbocycles. The third-order valence-electron chi connectivity index (χ3n) is 0. The SMILES string of the molecule is O=S(=O)(O)S.O=S(=O)(O)S.O=S(O)O.O=S(O)O.[NaH]. The molecule has 0 aliphatic carbocycles. The van der Waals surface area contributed by atoms with E-state index in [0.29, 0.717) is 0 Å². The molecule has 0 aliphatic rings. The molecule has 12 nitrogen and oxygen atoms in total. The summed E-state index contributed by atoms with van der Waals surface area (Å²) < 4.78 is 96.6. The molecule has 6 N–H and O–H groups in total. The van der Waals surface area contributed by atoms with Crippen molar-refractivity contribution in [3.63, 3.8) is 0 Å². The van der Waals surface area contributed by atoms with Crippen LogP contribution >= 0.6 is 23.3 Å². The minimum atomic E-state index is -3.97. The molecule has 118 valence electrons. The fourth-order valence-corrected chi connectivity index (χ4v) is 0. The minimum absolute atomic E-state index is 0. The van der Waals surface area contributed by atoms with Crippen molar-refractivity contribution >= 4 is 93.9 Å². The van der Waals surface area contributed by atoms with Gasteiger partial charge in [-0.05, 0) is 23.3 Å². The van der Waals surface area contributed by atoms with Crippen LogP contribution < -0.4 is 0 Å². The maximum absolute atomic E-state index is 9.05. The van der Waals surface area contributed by atoms with E-state index in [1.165, 1.54) is 0 Å². The van der Waals surface area contributed by atoms with Gasteiger partial charge in [0.25, 0.3) is 22.7 Å². The van der Waals surface area contributed by atoms with E-state index in [1.54, 1.807) is 0 Å². The summed E-state index contributed by atoms with van der Waals surface area (Å²) in [5.74, 6) is 0. The van der Waals surface area contributed by atoms with Gasteiger partial charge in [0.15, 0.2) is 0 Å². The van der Waals surface area contributed by atoms with Crippen molar-refractivity contribution in [2.45, 2.75) is 0 Å². The normalized spacial score (nSPS) is 9.79. The van der Waals surface area contributed by atoms with Crippen LogP contribution in [0.2, 0.25) is 0 Å². The van der Waals surface area contributed by atoms with Gasteiger partial charge in [0.1, 0.15) is 0 Å². The first-order valence-electron chi connectivity index (χ1n) is 2.46. The van der Waals surface area contributed by atoms with Gasteiger partial charge in [-0.1, -0.05) is 0 Å². The first kappa shape index (κ1) is 32.6. The van der Waals surface area contributed by atoms with Crippen LogP contribution in [0.3, 0.4) is 0 Å². The Labute approximate surface area is 145 Å². The maximum atomic E-state index is 9.05. The van der Waals surface area contributed by atoms with Crippen molar-refractivity contribution in [2.24, 2.45) is 0 Å². The van der Waals surface area contributed by atoms with Crippen LogP contribution in [-0.4, -0.2) is 82.1 Å². The number of hydrogen-bond donors (Lipinski definition) is 8. The summed E-state index contributed by atoms with van der Waals surface area (Å²) in [6.07, 6.45) is 0. The van der Waals surface area contributed by atoms with Gasteiger partial charge in [-0.15, -0.1) is 0 Å². The molecular weight excluding hydrogens is 407 g/mol. The molecular formula is H9NaO12S6. The zero-order chi connectivity index (χ0) is 16.2. The Morgan fingerprint density at radius 1 is 0.684 bits per heavy atom. The number of rotatable bonds is 0. The summed E-state index contributed by atoms with van der Waals surface area (Å²) >= 11 is 0.0787. The Balaban J connectivity index is -0.0000000453. The van der Waals surface area contributed by atoms with E-state index in [9.17, 15) is 0 Å². The molecule has 0 rings (SSSR count). The van der Waals surface area contributed by atoms with Crippen molar-refractivity contribution < 1.29 is 52.6 Å². The quantitative estimate of drug-likeness (QED) is 0.0716. The summed E-state index contributed by atoms with van der Waals surface area (Å²) in [4.78, 5) is 0. The third-order valence-corrected chi connectivity index (χ3v) is 0. The second kappa shape index (κ2) is 17.7. The predicted molar refractivity (Wildman–Crippen MR) is 75.0 cm³/mol. The molecule has 0 atom stereocenters. The monoisotopic (exact) mass is 416 g/mol. The molecule has 0 bridgehead atoms. The van der Waals surface area contributed by atoms with E-state index in [-0.39, 0.29) is 29.6 Å². The molecule has 0 amide bonds. The van der Waals surface area contributed by atoms with E-state index in [4.69, 9.17) is 52.6 Å². The average molecular weight is 416 g/mol. The van der Waals surface area contributed by atoms with E-state index >= 15 is 0 Å². The summed E-state index contributed by atoms with van der Waals surface area (Å²) in [6.45, 7) is 0. The molecule has 0 saturated carbocycles. The zero-order valence-electron chi connectivity index (χ0n) is 7.66. The average Bonchev–Trinajstić information content (AvgIpc) is 1.70.